The third kappa shape index (κ3) is 4.20. The van der Waals surface area contributed by atoms with Gasteiger partial charge in [0.25, 0.3) is 0 Å². The minimum atomic E-state index is 0.200. The summed E-state index contributed by atoms with van der Waals surface area (Å²) in [5, 5.41) is 9.66. The number of aryl methyl sites for hydroxylation is 1. The van der Waals surface area contributed by atoms with Gasteiger partial charge in [0.15, 0.2) is 11.5 Å². The first-order valence-corrected chi connectivity index (χ1v) is 6.12. The Morgan fingerprint density at radius 3 is 2.56 bits per heavy atom. The van der Waals surface area contributed by atoms with E-state index in [0.717, 1.165) is 31.7 Å². The number of methoxy groups -OCH3 is 2. The van der Waals surface area contributed by atoms with Crippen molar-refractivity contribution in [3.05, 3.63) is 23.3 Å². The highest BCUT2D eigenvalue weighted by atomic mass is 16.5. The number of benzene rings is 1. The van der Waals surface area contributed by atoms with Crippen molar-refractivity contribution in [2.45, 2.75) is 13.3 Å². The first kappa shape index (κ1) is 14.8. The average Bonchev–Trinajstić information content (AvgIpc) is 2.35. The summed E-state index contributed by atoms with van der Waals surface area (Å²) >= 11 is 0. The fourth-order valence-electron chi connectivity index (χ4n) is 1.82. The molecule has 0 unspecified atom stereocenters. The third-order valence-electron chi connectivity index (χ3n) is 3.08. The van der Waals surface area contributed by atoms with Gasteiger partial charge in [0, 0.05) is 20.2 Å². The highest BCUT2D eigenvalue weighted by molar-refractivity contribution is 5.46. The van der Waals surface area contributed by atoms with E-state index in [-0.39, 0.29) is 5.75 Å². The second kappa shape index (κ2) is 7.24. The van der Waals surface area contributed by atoms with Gasteiger partial charge in [-0.3, -0.25) is 0 Å². The van der Waals surface area contributed by atoms with Gasteiger partial charge in [-0.25, -0.2) is 0 Å². The molecule has 102 valence electrons. The average molecular weight is 253 g/mol. The second-order valence-corrected chi connectivity index (χ2v) is 4.50. The van der Waals surface area contributed by atoms with Crippen LogP contribution in [0.2, 0.25) is 0 Å². The number of nitrogens with zero attached hydrogens (tertiary/aromatic N) is 1. The smallest absolute Gasteiger partial charge is 0.160 e. The minimum Gasteiger partial charge on any atom is -0.504 e. The van der Waals surface area contributed by atoms with Crippen LogP contribution < -0.4 is 4.74 Å². The summed E-state index contributed by atoms with van der Waals surface area (Å²) in [5.74, 6) is 0.738. The summed E-state index contributed by atoms with van der Waals surface area (Å²) < 4.78 is 10.2. The maximum absolute atomic E-state index is 9.66. The molecule has 1 rings (SSSR count). The Morgan fingerprint density at radius 2 is 1.94 bits per heavy atom. The van der Waals surface area contributed by atoms with Crippen LogP contribution in [-0.4, -0.2) is 51.0 Å². The molecule has 18 heavy (non-hydrogen) atoms. The molecule has 4 heteroatoms. The number of ether oxygens (including phenoxy) is 2. The molecule has 0 aliphatic rings. The SMILES string of the molecule is COCCN(C)CCc1cc(OC)c(O)cc1C. The van der Waals surface area contributed by atoms with Crippen LogP contribution in [0.3, 0.4) is 0 Å². The number of likely N-dealkylation sites (N-methyl/N-ethyl adjacent to an activating group) is 1. The molecule has 0 atom stereocenters. The lowest BCUT2D eigenvalue weighted by atomic mass is 10.0. The Labute approximate surface area is 109 Å². The molecular formula is C14H23NO3. The summed E-state index contributed by atoms with van der Waals surface area (Å²) in [7, 11) is 5.35. The van der Waals surface area contributed by atoms with Crippen molar-refractivity contribution >= 4 is 0 Å². The molecule has 1 aromatic rings. The largest absolute Gasteiger partial charge is 0.504 e. The Kier molecular flexibility index (Phi) is 5.95. The Bertz CT molecular complexity index is 380. The lowest BCUT2D eigenvalue weighted by Crippen LogP contribution is -2.25. The molecule has 1 N–H and O–H groups in total. The van der Waals surface area contributed by atoms with Crippen molar-refractivity contribution in [2.75, 3.05) is 41.0 Å². The zero-order valence-corrected chi connectivity index (χ0v) is 11.7. The summed E-state index contributed by atoms with van der Waals surface area (Å²) in [6, 6.07) is 3.66. The number of hydrogen-bond acceptors (Lipinski definition) is 4. The molecule has 0 bridgehead atoms. The summed E-state index contributed by atoms with van der Waals surface area (Å²) in [6.07, 6.45) is 0.933. The van der Waals surface area contributed by atoms with Crippen LogP contribution in [0.1, 0.15) is 11.1 Å². The van der Waals surface area contributed by atoms with Crippen molar-refractivity contribution in [3.63, 3.8) is 0 Å². The number of phenolic OH excluding ortho intramolecular Hbond substituents is 1. The lowest BCUT2D eigenvalue weighted by Gasteiger charge is -2.17. The van der Waals surface area contributed by atoms with Crippen LogP contribution in [0.4, 0.5) is 0 Å². The zero-order valence-electron chi connectivity index (χ0n) is 11.7. The van der Waals surface area contributed by atoms with Crippen LogP contribution in [-0.2, 0) is 11.2 Å². The van der Waals surface area contributed by atoms with Gasteiger partial charge < -0.3 is 19.5 Å². The molecular weight excluding hydrogens is 230 g/mol. The normalized spacial score (nSPS) is 10.9. The Balaban J connectivity index is 2.61. The van der Waals surface area contributed by atoms with E-state index in [1.807, 2.05) is 13.0 Å². The van der Waals surface area contributed by atoms with E-state index in [1.54, 1.807) is 20.3 Å². The van der Waals surface area contributed by atoms with Gasteiger partial charge in [-0.15, -0.1) is 0 Å². The highest BCUT2D eigenvalue weighted by Crippen LogP contribution is 2.29. The van der Waals surface area contributed by atoms with Crippen molar-refractivity contribution in [1.29, 1.82) is 0 Å². The van der Waals surface area contributed by atoms with E-state index in [1.165, 1.54) is 5.56 Å². The molecule has 4 nitrogen and oxygen atoms in total. The molecule has 0 saturated carbocycles. The van der Waals surface area contributed by atoms with Gasteiger partial charge in [0.2, 0.25) is 0 Å². The van der Waals surface area contributed by atoms with Crippen molar-refractivity contribution in [1.82, 2.24) is 4.90 Å². The molecule has 0 aromatic heterocycles. The monoisotopic (exact) mass is 253 g/mol. The number of aromatic hydroxyl groups is 1. The van der Waals surface area contributed by atoms with E-state index in [4.69, 9.17) is 9.47 Å². The maximum atomic E-state index is 9.66. The quantitative estimate of drug-likeness (QED) is 0.805. The summed E-state index contributed by atoms with van der Waals surface area (Å²) in [5.41, 5.74) is 2.29. The fourth-order valence-corrected chi connectivity index (χ4v) is 1.82. The van der Waals surface area contributed by atoms with Crippen molar-refractivity contribution in [2.24, 2.45) is 0 Å². The van der Waals surface area contributed by atoms with Gasteiger partial charge in [-0.2, -0.15) is 0 Å². The molecule has 0 heterocycles. The van der Waals surface area contributed by atoms with Gasteiger partial charge in [-0.05, 0) is 43.7 Å². The minimum absolute atomic E-state index is 0.200. The predicted octanol–water partition coefficient (Wildman–Crippen LogP) is 1.83. The van der Waals surface area contributed by atoms with E-state index in [2.05, 4.69) is 11.9 Å². The summed E-state index contributed by atoms with van der Waals surface area (Å²) in [6.45, 7) is 4.63. The van der Waals surface area contributed by atoms with Crippen LogP contribution in [0.15, 0.2) is 12.1 Å². The highest BCUT2D eigenvalue weighted by Gasteiger charge is 2.08. The fraction of sp³-hybridized carbons (Fsp3) is 0.571. The molecule has 0 fully saturated rings. The van der Waals surface area contributed by atoms with E-state index >= 15 is 0 Å². The van der Waals surface area contributed by atoms with Gasteiger partial charge in [0.05, 0.1) is 13.7 Å². The molecule has 0 saturated heterocycles. The molecule has 1 aromatic carbocycles. The number of rotatable bonds is 7. The van der Waals surface area contributed by atoms with Crippen LogP contribution in [0.5, 0.6) is 11.5 Å². The standard InChI is InChI=1S/C14H23NO3/c1-11-9-13(16)14(18-4)10-12(11)5-6-15(2)7-8-17-3/h9-10,16H,5-8H2,1-4H3. The van der Waals surface area contributed by atoms with Gasteiger partial charge >= 0.3 is 0 Å². The molecule has 0 spiro atoms. The van der Waals surface area contributed by atoms with Crippen molar-refractivity contribution in [3.8, 4) is 11.5 Å². The summed E-state index contributed by atoms with van der Waals surface area (Å²) in [4.78, 5) is 2.22. The van der Waals surface area contributed by atoms with Gasteiger partial charge in [0.1, 0.15) is 0 Å². The van der Waals surface area contributed by atoms with Crippen molar-refractivity contribution < 1.29 is 14.6 Å². The second-order valence-electron chi connectivity index (χ2n) is 4.50. The lowest BCUT2D eigenvalue weighted by molar-refractivity contribution is 0.162. The molecule has 0 aliphatic carbocycles. The maximum Gasteiger partial charge on any atom is 0.160 e. The zero-order chi connectivity index (χ0) is 13.5. The molecule has 0 aliphatic heterocycles. The first-order chi connectivity index (χ1) is 8.58. The third-order valence-corrected chi connectivity index (χ3v) is 3.08. The van der Waals surface area contributed by atoms with Gasteiger partial charge in [-0.1, -0.05) is 0 Å². The number of phenols is 1. The Morgan fingerprint density at radius 1 is 1.22 bits per heavy atom. The molecule has 0 amide bonds. The Hall–Kier alpha value is -1.26. The van der Waals surface area contributed by atoms with Crippen LogP contribution in [0, 0.1) is 6.92 Å². The predicted molar refractivity (Wildman–Crippen MR) is 72.5 cm³/mol. The van der Waals surface area contributed by atoms with E-state index < -0.39 is 0 Å². The van der Waals surface area contributed by atoms with E-state index in [9.17, 15) is 5.11 Å². The first-order valence-electron chi connectivity index (χ1n) is 6.12. The number of hydrogen-bond donors (Lipinski definition) is 1. The van der Waals surface area contributed by atoms with Crippen LogP contribution in [0.25, 0.3) is 0 Å². The van der Waals surface area contributed by atoms with E-state index in [0.29, 0.717) is 5.75 Å². The molecule has 0 radical (unpaired) electrons. The van der Waals surface area contributed by atoms with Crippen LogP contribution >= 0.6 is 0 Å². The topological polar surface area (TPSA) is 41.9 Å².